The normalized spacial score (nSPS) is 19.0. The Labute approximate surface area is 199 Å². The Hall–Kier alpha value is -2.86. The number of halogens is 1. The molecule has 6 nitrogen and oxygen atoms in total. The van der Waals surface area contributed by atoms with Crippen molar-refractivity contribution >= 4 is 23.2 Å². The Morgan fingerprint density at radius 3 is 2.67 bits per heavy atom. The summed E-state index contributed by atoms with van der Waals surface area (Å²) < 4.78 is 0. The molecule has 1 amide bonds. The monoisotopic (exact) mass is 463 g/mol. The average Bonchev–Trinajstić information content (AvgIpc) is 3.33. The minimum Gasteiger partial charge on any atom is -0.383 e. The number of amides is 1. The first-order chi connectivity index (χ1) is 16.0. The van der Waals surface area contributed by atoms with Crippen molar-refractivity contribution in [3.63, 3.8) is 0 Å². The van der Waals surface area contributed by atoms with Crippen molar-refractivity contribution < 1.29 is 4.79 Å². The molecule has 7 heteroatoms. The number of carbonyl (C=O) groups excluding carboxylic acids is 1. The summed E-state index contributed by atoms with van der Waals surface area (Å²) >= 11 is 6.20. The van der Waals surface area contributed by atoms with Crippen molar-refractivity contribution in [1.82, 2.24) is 19.9 Å². The molecule has 1 aliphatic carbocycles. The summed E-state index contributed by atoms with van der Waals surface area (Å²) in [5, 5.41) is 12.9. The van der Waals surface area contributed by atoms with Crippen molar-refractivity contribution in [1.29, 1.82) is 0 Å². The van der Waals surface area contributed by atoms with Gasteiger partial charge in [-0.15, -0.1) is 0 Å². The number of piperidine rings is 1. The topological polar surface area (TPSA) is 63.1 Å². The van der Waals surface area contributed by atoms with Crippen LogP contribution >= 0.6 is 11.6 Å². The van der Waals surface area contributed by atoms with Crippen LogP contribution < -0.4 is 5.32 Å². The Bertz CT molecular complexity index is 1160. The molecule has 1 unspecified atom stereocenters. The molecule has 1 saturated heterocycles. The van der Waals surface area contributed by atoms with E-state index in [0.29, 0.717) is 11.0 Å². The van der Waals surface area contributed by atoms with Gasteiger partial charge in [0.2, 0.25) is 0 Å². The zero-order valence-corrected chi connectivity index (χ0v) is 20.0. The van der Waals surface area contributed by atoms with Crippen LogP contribution in [0.15, 0.2) is 48.8 Å². The van der Waals surface area contributed by atoms with E-state index in [4.69, 9.17) is 11.6 Å². The largest absolute Gasteiger partial charge is 0.383 e. The molecule has 1 atom stereocenters. The molecular weight excluding hydrogens is 434 g/mol. The highest BCUT2D eigenvalue weighted by atomic mass is 35.5. The molecule has 3 aromatic rings. The van der Waals surface area contributed by atoms with Crippen LogP contribution in [0.3, 0.4) is 0 Å². The van der Waals surface area contributed by atoms with Crippen LogP contribution in [0.2, 0.25) is 5.02 Å². The zero-order valence-electron chi connectivity index (χ0n) is 19.2. The van der Waals surface area contributed by atoms with Gasteiger partial charge in [0.25, 0.3) is 5.91 Å². The molecule has 1 saturated carbocycles. The van der Waals surface area contributed by atoms with Gasteiger partial charge in [-0.1, -0.05) is 30.2 Å². The first kappa shape index (κ1) is 22.0. The van der Waals surface area contributed by atoms with Crippen molar-refractivity contribution in [2.45, 2.75) is 52.0 Å². The van der Waals surface area contributed by atoms with E-state index in [1.165, 1.54) is 23.2 Å². The predicted octanol–water partition coefficient (Wildman–Crippen LogP) is 5.29. The van der Waals surface area contributed by atoms with E-state index in [1.807, 2.05) is 43.3 Å². The van der Waals surface area contributed by atoms with Gasteiger partial charge in [-0.2, -0.15) is 15.0 Å². The zero-order chi connectivity index (χ0) is 23.0. The summed E-state index contributed by atoms with van der Waals surface area (Å²) in [6, 6.07) is 12.0. The van der Waals surface area contributed by atoms with Gasteiger partial charge in [0.1, 0.15) is 0 Å². The molecule has 0 bridgehead atoms. The first-order valence-corrected chi connectivity index (χ1v) is 12.2. The number of anilines is 1. The van der Waals surface area contributed by atoms with Gasteiger partial charge in [0.05, 0.1) is 23.6 Å². The van der Waals surface area contributed by atoms with E-state index in [2.05, 4.69) is 27.3 Å². The fraction of sp³-hybridized carbons (Fsp3) is 0.423. The molecule has 5 rings (SSSR count). The highest BCUT2D eigenvalue weighted by Gasteiger charge is 2.49. The van der Waals surface area contributed by atoms with Crippen LogP contribution in [0.1, 0.15) is 54.1 Å². The van der Waals surface area contributed by atoms with Gasteiger partial charge in [0.15, 0.2) is 0 Å². The lowest BCUT2D eigenvalue weighted by Crippen LogP contribution is -2.50. The average molecular weight is 464 g/mol. The Balaban J connectivity index is 1.42. The molecule has 33 heavy (non-hydrogen) atoms. The second kappa shape index (κ2) is 8.82. The highest BCUT2D eigenvalue weighted by molar-refractivity contribution is 6.30. The Morgan fingerprint density at radius 1 is 1.15 bits per heavy atom. The SMILES string of the molecule is CCc1cc(Cl)ccc1NCC1CC2(CCN1C(=O)c1cc(C)ccc1-n1nccn1)CC2. The van der Waals surface area contributed by atoms with Gasteiger partial charge in [-0.3, -0.25) is 4.79 Å². The number of carbonyl (C=O) groups is 1. The predicted molar refractivity (Wildman–Crippen MR) is 131 cm³/mol. The minimum atomic E-state index is 0.0557. The van der Waals surface area contributed by atoms with Gasteiger partial charge in [0, 0.05) is 29.8 Å². The highest BCUT2D eigenvalue weighted by Crippen LogP contribution is 2.55. The molecular formula is C26H30ClN5O. The maximum absolute atomic E-state index is 13.9. The second-order valence-electron chi connectivity index (χ2n) is 9.48. The molecule has 1 spiro atoms. The number of nitrogens with zero attached hydrogens (tertiary/aromatic N) is 4. The summed E-state index contributed by atoms with van der Waals surface area (Å²) in [6.45, 7) is 5.66. The van der Waals surface area contributed by atoms with Gasteiger partial charge in [-0.25, -0.2) is 0 Å². The molecule has 1 aliphatic heterocycles. The summed E-state index contributed by atoms with van der Waals surface area (Å²) in [6.07, 6.45) is 8.86. The first-order valence-electron chi connectivity index (χ1n) is 11.8. The second-order valence-corrected chi connectivity index (χ2v) is 9.92. The smallest absolute Gasteiger partial charge is 0.256 e. The van der Waals surface area contributed by atoms with E-state index in [1.54, 1.807) is 12.4 Å². The number of likely N-dealkylation sites (tertiary alicyclic amines) is 1. The molecule has 1 aromatic heterocycles. The summed E-state index contributed by atoms with van der Waals surface area (Å²) in [7, 11) is 0. The van der Waals surface area contributed by atoms with E-state index in [-0.39, 0.29) is 11.9 Å². The molecule has 2 heterocycles. The van der Waals surface area contributed by atoms with Gasteiger partial charge < -0.3 is 10.2 Å². The lowest BCUT2D eigenvalue weighted by Gasteiger charge is -2.40. The molecule has 172 valence electrons. The lowest BCUT2D eigenvalue weighted by atomic mass is 9.87. The van der Waals surface area contributed by atoms with Crippen LogP contribution in [0.25, 0.3) is 5.69 Å². The van der Waals surface area contributed by atoms with Crippen molar-refractivity contribution in [3.05, 3.63) is 70.5 Å². The standard InChI is InChI=1S/C26H30ClN5O/c1-3-19-15-20(27)5-6-23(19)28-17-21-16-26(8-9-26)10-13-31(21)25(33)22-14-18(2)4-7-24(22)32-29-11-12-30-32/h4-7,11-12,14-15,21,28H,3,8-10,13,16-17H2,1-2H3. The number of benzene rings is 2. The number of aryl methyl sites for hydroxylation is 2. The van der Waals surface area contributed by atoms with Gasteiger partial charge in [-0.05, 0) is 80.3 Å². The molecule has 0 radical (unpaired) electrons. The number of nitrogens with one attached hydrogen (secondary N) is 1. The molecule has 2 aromatic carbocycles. The number of aromatic nitrogens is 3. The third-order valence-electron chi connectivity index (χ3n) is 7.20. The Morgan fingerprint density at radius 2 is 1.94 bits per heavy atom. The summed E-state index contributed by atoms with van der Waals surface area (Å²) in [5.74, 6) is 0.0557. The lowest BCUT2D eigenvalue weighted by molar-refractivity contribution is 0.0545. The van der Waals surface area contributed by atoms with Crippen LogP contribution in [0, 0.1) is 12.3 Å². The fourth-order valence-electron chi connectivity index (χ4n) is 5.08. The van der Waals surface area contributed by atoms with Crippen molar-refractivity contribution in [2.75, 3.05) is 18.4 Å². The van der Waals surface area contributed by atoms with E-state index < -0.39 is 0 Å². The molecule has 2 fully saturated rings. The van der Waals surface area contributed by atoms with E-state index in [0.717, 1.165) is 54.3 Å². The molecule has 2 aliphatic rings. The molecule has 1 N–H and O–H groups in total. The minimum absolute atomic E-state index is 0.0557. The number of rotatable bonds is 6. The number of hydrogen-bond acceptors (Lipinski definition) is 4. The van der Waals surface area contributed by atoms with Crippen molar-refractivity contribution in [2.24, 2.45) is 5.41 Å². The van der Waals surface area contributed by atoms with Crippen LogP contribution in [-0.2, 0) is 6.42 Å². The fourth-order valence-corrected chi connectivity index (χ4v) is 5.27. The summed E-state index contributed by atoms with van der Waals surface area (Å²) in [5.41, 5.74) is 5.15. The van der Waals surface area contributed by atoms with Crippen LogP contribution in [0.4, 0.5) is 5.69 Å². The quantitative estimate of drug-likeness (QED) is 0.539. The van der Waals surface area contributed by atoms with Crippen LogP contribution in [0.5, 0.6) is 0 Å². The third-order valence-corrected chi connectivity index (χ3v) is 7.44. The van der Waals surface area contributed by atoms with Crippen molar-refractivity contribution in [3.8, 4) is 5.69 Å². The maximum atomic E-state index is 13.9. The maximum Gasteiger partial charge on any atom is 0.256 e. The Kier molecular flexibility index (Phi) is 5.87. The van der Waals surface area contributed by atoms with Gasteiger partial charge >= 0.3 is 0 Å². The van der Waals surface area contributed by atoms with Crippen LogP contribution in [-0.4, -0.2) is 44.9 Å². The van der Waals surface area contributed by atoms with E-state index in [9.17, 15) is 4.79 Å². The van der Waals surface area contributed by atoms with E-state index >= 15 is 0 Å². The summed E-state index contributed by atoms with van der Waals surface area (Å²) in [4.78, 5) is 17.5. The number of hydrogen-bond donors (Lipinski definition) is 1. The third kappa shape index (κ3) is 4.49.